The van der Waals surface area contributed by atoms with Crippen LogP contribution in [0.2, 0.25) is 0 Å². The topological polar surface area (TPSA) is 26.0 Å². The molecule has 2 N–H and O–H groups in total. The maximum atomic E-state index is 12.5. The van der Waals surface area contributed by atoms with Crippen molar-refractivity contribution >= 4 is 15.9 Å². The van der Waals surface area contributed by atoms with Crippen molar-refractivity contribution in [3.63, 3.8) is 0 Å². The molecule has 4 heteroatoms. The van der Waals surface area contributed by atoms with E-state index in [1.54, 1.807) is 0 Å². The predicted octanol–water partition coefficient (Wildman–Crippen LogP) is 3.28. The summed E-state index contributed by atoms with van der Waals surface area (Å²) in [5, 5.41) is 0. The molecule has 0 bridgehead atoms. The van der Waals surface area contributed by atoms with E-state index in [0.29, 0.717) is 0 Å². The van der Waals surface area contributed by atoms with Crippen LogP contribution >= 0.6 is 15.9 Å². The Morgan fingerprint density at radius 3 is 2.53 bits per heavy atom. The van der Waals surface area contributed by atoms with Crippen LogP contribution in [0.15, 0.2) is 22.7 Å². The van der Waals surface area contributed by atoms with Crippen LogP contribution in [-0.4, -0.2) is 12.0 Å². The molecule has 0 radical (unpaired) electrons. The molecule has 0 saturated heterocycles. The molecule has 1 aromatic carbocycles. The van der Waals surface area contributed by atoms with Gasteiger partial charge in [-0.2, -0.15) is 0 Å². The van der Waals surface area contributed by atoms with Crippen LogP contribution in [0.25, 0.3) is 0 Å². The molecular formula is C11H14BrF2N. The summed E-state index contributed by atoms with van der Waals surface area (Å²) in [4.78, 5) is 0. The van der Waals surface area contributed by atoms with E-state index >= 15 is 0 Å². The zero-order valence-corrected chi connectivity index (χ0v) is 10.3. The van der Waals surface area contributed by atoms with Crippen molar-refractivity contribution in [1.29, 1.82) is 0 Å². The molecule has 1 aromatic rings. The van der Waals surface area contributed by atoms with Gasteiger partial charge in [0.25, 0.3) is 6.43 Å². The maximum Gasteiger partial charge on any atom is 0.256 e. The molecule has 1 unspecified atom stereocenters. The van der Waals surface area contributed by atoms with Crippen molar-refractivity contribution in [1.82, 2.24) is 0 Å². The van der Waals surface area contributed by atoms with E-state index in [9.17, 15) is 8.78 Å². The maximum absolute atomic E-state index is 12.5. The molecule has 0 aliphatic carbocycles. The highest BCUT2D eigenvalue weighted by molar-refractivity contribution is 9.10. The van der Waals surface area contributed by atoms with E-state index in [4.69, 9.17) is 5.73 Å². The highest BCUT2D eigenvalue weighted by Gasteiger charge is 2.30. The molecule has 0 aliphatic rings. The van der Waals surface area contributed by atoms with Gasteiger partial charge in [-0.3, -0.25) is 0 Å². The average molecular weight is 278 g/mol. The number of hydrogen-bond acceptors (Lipinski definition) is 1. The highest BCUT2D eigenvalue weighted by atomic mass is 79.9. The first-order valence-corrected chi connectivity index (χ1v) is 5.44. The van der Waals surface area contributed by atoms with Gasteiger partial charge in [-0.15, -0.1) is 0 Å². The van der Waals surface area contributed by atoms with Gasteiger partial charge in [0.1, 0.15) is 0 Å². The predicted molar refractivity (Wildman–Crippen MR) is 61.2 cm³/mol. The van der Waals surface area contributed by atoms with Gasteiger partial charge < -0.3 is 5.73 Å². The van der Waals surface area contributed by atoms with E-state index in [-0.39, 0.29) is 6.42 Å². The molecule has 1 atom stereocenters. The Morgan fingerprint density at radius 2 is 2.07 bits per heavy atom. The summed E-state index contributed by atoms with van der Waals surface area (Å²) in [5.41, 5.74) is 5.95. The molecule has 0 aliphatic heterocycles. The van der Waals surface area contributed by atoms with Crippen molar-refractivity contribution < 1.29 is 8.78 Å². The fraction of sp³-hybridized carbons (Fsp3) is 0.455. The molecular weight excluding hydrogens is 264 g/mol. The van der Waals surface area contributed by atoms with Gasteiger partial charge >= 0.3 is 0 Å². The first kappa shape index (κ1) is 12.6. The summed E-state index contributed by atoms with van der Waals surface area (Å²) >= 11 is 3.36. The van der Waals surface area contributed by atoms with E-state index < -0.39 is 12.0 Å². The Labute approximate surface area is 96.8 Å². The lowest BCUT2D eigenvalue weighted by atomic mass is 9.94. The van der Waals surface area contributed by atoms with Gasteiger partial charge in [-0.05, 0) is 37.5 Å². The van der Waals surface area contributed by atoms with Crippen LogP contribution in [-0.2, 0) is 6.42 Å². The summed E-state index contributed by atoms with van der Waals surface area (Å²) in [7, 11) is 0. The molecule has 1 rings (SSSR count). The van der Waals surface area contributed by atoms with Gasteiger partial charge in [-0.25, -0.2) is 8.78 Å². The highest BCUT2D eigenvalue weighted by Crippen LogP contribution is 2.22. The lowest BCUT2D eigenvalue weighted by Gasteiger charge is -2.23. The zero-order chi connectivity index (χ0) is 11.6. The number of aryl methyl sites for hydroxylation is 1. The monoisotopic (exact) mass is 277 g/mol. The number of alkyl halides is 2. The Morgan fingerprint density at radius 1 is 1.47 bits per heavy atom. The van der Waals surface area contributed by atoms with Crippen LogP contribution in [0, 0.1) is 6.92 Å². The molecule has 0 fully saturated rings. The summed E-state index contributed by atoms with van der Waals surface area (Å²) in [6.45, 7) is 3.31. The molecule has 0 saturated carbocycles. The van der Waals surface area contributed by atoms with Crippen LogP contribution < -0.4 is 5.73 Å². The van der Waals surface area contributed by atoms with E-state index in [1.165, 1.54) is 6.92 Å². The Bertz CT molecular complexity index is 350. The third kappa shape index (κ3) is 3.24. The normalized spacial score (nSPS) is 15.4. The van der Waals surface area contributed by atoms with Gasteiger partial charge in [0, 0.05) is 4.47 Å². The second-order valence-corrected chi connectivity index (χ2v) is 4.92. The standard InChI is InChI=1S/C11H14BrF2N/c1-7-3-4-8(5-9(7)12)6-11(2,15)10(13)14/h3-5,10H,6,15H2,1-2H3. The van der Waals surface area contributed by atoms with Crippen LogP contribution in [0.3, 0.4) is 0 Å². The van der Waals surface area contributed by atoms with E-state index in [0.717, 1.165) is 15.6 Å². The van der Waals surface area contributed by atoms with Crippen molar-refractivity contribution in [2.75, 3.05) is 0 Å². The number of rotatable bonds is 3. The van der Waals surface area contributed by atoms with Crippen LogP contribution in [0.5, 0.6) is 0 Å². The molecule has 0 spiro atoms. The molecule has 0 aromatic heterocycles. The molecule has 15 heavy (non-hydrogen) atoms. The van der Waals surface area contributed by atoms with Gasteiger partial charge in [0.05, 0.1) is 5.54 Å². The second-order valence-electron chi connectivity index (χ2n) is 4.07. The number of hydrogen-bond donors (Lipinski definition) is 1. The van der Waals surface area contributed by atoms with E-state index in [2.05, 4.69) is 15.9 Å². The summed E-state index contributed by atoms with van der Waals surface area (Å²) < 4.78 is 26.0. The molecule has 0 heterocycles. The smallest absolute Gasteiger partial charge is 0.256 e. The minimum absolute atomic E-state index is 0.170. The Hall–Kier alpha value is -0.480. The van der Waals surface area contributed by atoms with Gasteiger partial charge in [-0.1, -0.05) is 28.1 Å². The Kier molecular flexibility index (Phi) is 3.84. The summed E-state index contributed by atoms with van der Waals surface area (Å²) in [6.07, 6.45) is -2.35. The van der Waals surface area contributed by atoms with Crippen molar-refractivity contribution in [3.05, 3.63) is 33.8 Å². The van der Waals surface area contributed by atoms with Gasteiger partial charge in [0.2, 0.25) is 0 Å². The third-order valence-corrected chi connectivity index (χ3v) is 3.17. The number of halogens is 3. The second kappa shape index (κ2) is 4.58. The SMILES string of the molecule is Cc1ccc(CC(C)(N)C(F)F)cc1Br. The Balaban J connectivity index is 2.86. The van der Waals surface area contributed by atoms with Crippen LogP contribution in [0.4, 0.5) is 8.78 Å². The lowest BCUT2D eigenvalue weighted by Crippen LogP contribution is -2.45. The van der Waals surface area contributed by atoms with E-state index in [1.807, 2.05) is 25.1 Å². The minimum atomic E-state index is -2.52. The minimum Gasteiger partial charge on any atom is -0.320 e. The van der Waals surface area contributed by atoms with Crippen molar-refractivity contribution in [2.24, 2.45) is 5.73 Å². The quantitative estimate of drug-likeness (QED) is 0.902. The first-order valence-electron chi connectivity index (χ1n) is 4.65. The molecule has 84 valence electrons. The molecule has 0 amide bonds. The fourth-order valence-corrected chi connectivity index (χ4v) is 1.69. The molecule has 1 nitrogen and oxygen atoms in total. The third-order valence-electron chi connectivity index (χ3n) is 2.32. The van der Waals surface area contributed by atoms with Gasteiger partial charge in [0.15, 0.2) is 0 Å². The summed E-state index contributed by atoms with van der Waals surface area (Å²) in [5.74, 6) is 0. The lowest BCUT2D eigenvalue weighted by molar-refractivity contribution is 0.0639. The first-order chi connectivity index (χ1) is 6.83. The largest absolute Gasteiger partial charge is 0.320 e. The fourth-order valence-electron chi connectivity index (χ4n) is 1.26. The number of benzene rings is 1. The zero-order valence-electron chi connectivity index (χ0n) is 8.73. The number of nitrogens with two attached hydrogens (primary N) is 1. The van der Waals surface area contributed by atoms with Crippen molar-refractivity contribution in [3.8, 4) is 0 Å². The van der Waals surface area contributed by atoms with Crippen LogP contribution in [0.1, 0.15) is 18.1 Å². The summed E-state index contributed by atoms with van der Waals surface area (Å²) in [6, 6.07) is 5.55. The average Bonchev–Trinajstić information content (AvgIpc) is 2.10. The van der Waals surface area contributed by atoms with Crippen molar-refractivity contribution in [2.45, 2.75) is 32.2 Å².